The van der Waals surface area contributed by atoms with Crippen LogP contribution in [0.3, 0.4) is 0 Å². The van der Waals surface area contributed by atoms with Crippen LogP contribution in [0.15, 0.2) is 57.1 Å². The number of phenols is 1. The molecular weight excluding hydrogens is 550 g/mol. The summed E-state index contributed by atoms with van der Waals surface area (Å²) >= 11 is 3.42. The molecule has 4 atom stereocenters. The molecule has 0 amide bonds. The van der Waals surface area contributed by atoms with Gasteiger partial charge in [0.2, 0.25) is 0 Å². The molecule has 2 aromatic carbocycles. The number of methoxy groups -OCH3 is 1. The van der Waals surface area contributed by atoms with Crippen LogP contribution in [0.2, 0.25) is 0 Å². The quantitative estimate of drug-likeness (QED) is 0.357. The smallest absolute Gasteiger partial charge is 0.315 e. The van der Waals surface area contributed by atoms with Crippen LogP contribution >= 0.6 is 15.9 Å². The van der Waals surface area contributed by atoms with Gasteiger partial charge in [-0.3, -0.25) is 14.6 Å². The third-order valence-corrected chi connectivity index (χ3v) is 7.94. The maximum absolute atomic E-state index is 13.8. The fraction of sp³-hybridized carbons (Fsp3) is 0.433. The summed E-state index contributed by atoms with van der Waals surface area (Å²) in [4.78, 5) is 32.2. The number of rotatable bonds is 8. The number of ketones is 1. The SMILES string of the molecule is CCOc1cc([C@@H]2C3=C(C[C@@H](c4ccc(OC)cc4)CC3=O)N=C(C)C2C(=O)O[C@H](C)CC)cc(Br)c1O. The van der Waals surface area contributed by atoms with E-state index in [1.807, 2.05) is 52.0 Å². The minimum Gasteiger partial charge on any atom is -0.503 e. The largest absolute Gasteiger partial charge is 0.503 e. The first-order chi connectivity index (χ1) is 18.2. The summed E-state index contributed by atoms with van der Waals surface area (Å²) in [6, 6.07) is 11.2. The van der Waals surface area contributed by atoms with Crippen LogP contribution in [0.4, 0.5) is 0 Å². The zero-order chi connectivity index (χ0) is 27.6. The Kier molecular flexibility index (Phi) is 8.61. The highest BCUT2D eigenvalue weighted by Crippen LogP contribution is 2.49. The molecule has 1 unspecified atom stereocenters. The number of phenolic OH excluding ortho intramolecular Hbond substituents is 1. The van der Waals surface area contributed by atoms with Gasteiger partial charge in [0.25, 0.3) is 0 Å². The van der Waals surface area contributed by atoms with Crippen molar-refractivity contribution in [2.24, 2.45) is 10.9 Å². The van der Waals surface area contributed by atoms with Crippen molar-refractivity contribution in [1.29, 1.82) is 0 Å². The summed E-state index contributed by atoms with van der Waals surface area (Å²) in [6.07, 6.45) is 1.29. The molecule has 0 spiro atoms. The summed E-state index contributed by atoms with van der Waals surface area (Å²) in [7, 11) is 1.62. The molecule has 1 N–H and O–H groups in total. The summed E-state index contributed by atoms with van der Waals surface area (Å²) in [5.74, 6) is -0.853. The van der Waals surface area contributed by atoms with Gasteiger partial charge in [0.1, 0.15) is 11.7 Å². The number of allylic oxidation sites excluding steroid dienone is 2. The van der Waals surface area contributed by atoms with Gasteiger partial charge in [-0.25, -0.2) is 0 Å². The fourth-order valence-electron chi connectivity index (χ4n) is 5.23. The first-order valence-electron chi connectivity index (χ1n) is 13.0. The second-order valence-electron chi connectivity index (χ2n) is 9.81. The standard InChI is InChI=1S/C30H34BrNO6/c1-6-16(3)38-30(35)26-17(4)32-23-13-19(18-8-10-21(36-5)11-9-18)14-24(33)28(23)27(26)20-12-22(31)29(34)25(15-20)37-7-2/h8-12,15-16,19,26-27,34H,6-7,13-14H2,1-5H3/t16-,19-,26?,27+/m1/s1. The highest BCUT2D eigenvalue weighted by atomic mass is 79.9. The number of hydrogen-bond acceptors (Lipinski definition) is 7. The number of carbonyl (C=O) groups excluding carboxylic acids is 2. The highest BCUT2D eigenvalue weighted by Gasteiger charge is 2.45. The van der Waals surface area contributed by atoms with E-state index in [0.717, 1.165) is 11.3 Å². The van der Waals surface area contributed by atoms with E-state index in [1.165, 1.54) is 0 Å². The van der Waals surface area contributed by atoms with Crippen molar-refractivity contribution in [2.75, 3.05) is 13.7 Å². The molecule has 8 heteroatoms. The van der Waals surface area contributed by atoms with Crippen molar-refractivity contribution in [1.82, 2.24) is 0 Å². The normalized spacial score (nSPS) is 21.9. The first-order valence-corrected chi connectivity index (χ1v) is 13.8. The fourth-order valence-corrected chi connectivity index (χ4v) is 5.69. The highest BCUT2D eigenvalue weighted by molar-refractivity contribution is 9.10. The number of aromatic hydroxyl groups is 1. The molecule has 0 saturated carbocycles. The van der Waals surface area contributed by atoms with Gasteiger partial charge in [-0.05, 0) is 90.9 Å². The molecule has 0 fully saturated rings. The first kappa shape index (κ1) is 27.9. The third kappa shape index (κ3) is 5.51. The number of nitrogens with zero attached hydrogens (tertiary/aromatic N) is 1. The lowest BCUT2D eigenvalue weighted by molar-refractivity contribution is -0.151. The molecule has 202 valence electrons. The lowest BCUT2D eigenvalue weighted by Crippen LogP contribution is -2.39. The van der Waals surface area contributed by atoms with Crippen LogP contribution in [0.25, 0.3) is 0 Å². The molecule has 4 rings (SSSR count). The van der Waals surface area contributed by atoms with Crippen molar-refractivity contribution in [3.8, 4) is 17.2 Å². The molecule has 2 aliphatic rings. The average Bonchev–Trinajstić information content (AvgIpc) is 2.90. The number of aliphatic imine (C=N–C) groups is 1. The number of hydrogen-bond donors (Lipinski definition) is 1. The lowest BCUT2D eigenvalue weighted by atomic mass is 9.69. The van der Waals surface area contributed by atoms with Crippen molar-refractivity contribution in [2.45, 2.75) is 64.9 Å². The zero-order valence-corrected chi connectivity index (χ0v) is 24.0. The molecule has 0 aromatic heterocycles. The second kappa shape index (κ2) is 11.7. The lowest BCUT2D eigenvalue weighted by Gasteiger charge is -2.37. The molecule has 7 nitrogen and oxygen atoms in total. The van der Waals surface area contributed by atoms with Crippen LogP contribution in [-0.4, -0.2) is 42.4 Å². The number of Topliss-reactive ketones (excluding diaryl/α,β-unsaturated/α-hetero) is 1. The molecular formula is C30H34BrNO6. The van der Waals surface area contributed by atoms with E-state index in [1.54, 1.807) is 19.2 Å². The number of esters is 1. The molecule has 0 saturated heterocycles. The Hall–Kier alpha value is -3.13. The van der Waals surface area contributed by atoms with Crippen LogP contribution in [0.1, 0.15) is 69.9 Å². The number of benzene rings is 2. The van der Waals surface area contributed by atoms with E-state index in [4.69, 9.17) is 19.2 Å². The number of ether oxygens (including phenoxy) is 3. The molecule has 1 heterocycles. The van der Waals surface area contributed by atoms with Gasteiger partial charge in [-0.2, -0.15) is 0 Å². The summed E-state index contributed by atoms with van der Waals surface area (Å²) in [6.45, 7) is 7.80. The van der Waals surface area contributed by atoms with Gasteiger partial charge < -0.3 is 19.3 Å². The van der Waals surface area contributed by atoms with E-state index >= 15 is 0 Å². The Morgan fingerprint density at radius 1 is 1.16 bits per heavy atom. The van der Waals surface area contributed by atoms with Gasteiger partial charge in [0.05, 0.1) is 24.3 Å². The molecule has 38 heavy (non-hydrogen) atoms. The number of halogens is 1. The Labute approximate surface area is 232 Å². The van der Waals surface area contributed by atoms with Crippen LogP contribution in [0.5, 0.6) is 17.2 Å². The van der Waals surface area contributed by atoms with E-state index in [0.29, 0.717) is 52.9 Å². The van der Waals surface area contributed by atoms with Crippen LogP contribution in [0, 0.1) is 5.92 Å². The van der Waals surface area contributed by atoms with Crippen LogP contribution < -0.4 is 9.47 Å². The minimum atomic E-state index is -0.768. The third-order valence-electron chi connectivity index (χ3n) is 7.33. The van der Waals surface area contributed by atoms with Gasteiger partial charge in [0.15, 0.2) is 17.3 Å². The van der Waals surface area contributed by atoms with Crippen LogP contribution in [-0.2, 0) is 14.3 Å². The van der Waals surface area contributed by atoms with E-state index in [-0.39, 0.29) is 29.3 Å². The zero-order valence-electron chi connectivity index (χ0n) is 22.4. The van der Waals surface area contributed by atoms with Crippen molar-refractivity contribution in [3.63, 3.8) is 0 Å². The van der Waals surface area contributed by atoms with Gasteiger partial charge in [-0.1, -0.05) is 19.1 Å². The van der Waals surface area contributed by atoms with E-state index in [9.17, 15) is 14.7 Å². The predicted molar refractivity (Wildman–Crippen MR) is 149 cm³/mol. The second-order valence-corrected chi connectivity index (χ2v) is 10.7. The summed E-state index contributed by atoms with van der Waals surface area (Å²) in [5.41, 5.74) is 3.56. The minimum absolute atomic E-state index is 0.0285. The van der Waals surface area contributed by atoms with E-state index in [2.05, 4.69) is 15.9 Å². The van der Waals surface area contributed by atoms with Gasteiger partial charge in [0, 0.05) is 29.3 Å². The average molecular weight is 585 g/mol. The topological polar surface area (TPSA) is 94.4 Å². The maximum Gasteiger partial charge on any atom is 0.315 e. The van der Waals surface area contributed by atoms with Crippen molar-refractivity contribution >= 4 is 33.4 Å². The van der Waals surface area contributed by atoms with Gasteiger partial charge >= 0.3 is 5.97 Å². The predicted octanol–water partition coefficient (Wildman–Crippen LogP) is 6.48. The Balaban J connectivity index is 1.82. The number of carbonyl (C=O) groups is 2. The summed E-state index contributed by atoms with van der Waals surface area (Å²) < 4.78 is 17.1. The monoisotopic (exact) mass is 583 g/mol. The molecule has 1 aliphatic heterocycles. The van der Waals surface area contributed by atoms with Gasteiger partial charge in [-0.15, -0.1) is 0 Å². The van der Waals surface area contributed by atoms with E-state index < -0.39 is 17.8 Å². The van der Waals surface area contributed by atoms with Crippen molar-refractivity contribution < 1.29 is 28.9 Å². The Morgan fingerprint density at radius 3 is 2.50 bits per heavy atom. The molecule has 0 bridgehead atoms. The summed E-state index contributed by atoms with van der Waals surface area (Å²) in [5, 5.41) is 10.5. The van der Waals surface area contributed by atoms with Crippen molar-refractivity contribution in [3.05, 3.63) is 63.3 Å². The Bertz CT molecular complexity index is 1280. The Morgan fingerprint density at radius 2 is 1.87 bits per heavy atom. The molecule has 1 aliphatic carbocycles. The maximum atomic E-state index is 13.8. The molecule has 0 radical (unpaired) electrons. The molecule has 2 aromatic rings.